The largest absolute Gasteiger partial charge is 0.505 e. The van der Waals surface area contributed by atoms with Crippen LogP contribution in [0.2, 0.25) is 0 Å². The van der Waals surface area contributed by atoms with Gasteiger partial charge in [-0.05, 0) is 37.6 Å². The lowest BCUT2D eigenvalue weighted by Gasteiger charge is -2.24. The first-order valence-electron chi connectivity index (χ1n) is 5.84. The van der Waals surface area contributed by atoms with Gasteiger partial charge in [-0.1, -0.05) is 18.9 Å². The highest BCUT2D eigenvalue weighted by molar-refractivity contribution is 5.27. The maximum Gasteiger partial charge on any atom is 0.165 e. The fourth-order valence-corrected chi connectivity index (χ4v) is 2.41. The Kier molecular flexibility index (Phi) is 3.44. The number of nitrogens with zero attached hydrogens (tertiary/aromatic N) is 1. The van der Waals surface area contributed by atoms with Crippen molar-refractivity contribution in [1.29, 1.82) is 0 Å². The van der Waals surface area contributed by atoms with Crippen LogP contribution in [0.4, 0.5) is 4.39 Å². The third kappa shape index (κ3) is 2.53. The van der Waals surface area contributed by atoms with E-state index in [2.05, 4.69) is 11.9 Å². The summed E-state index contributed by atoms with van der Waals surface area (Å²) in [6, 6.07) is 5.26. The minimum Gasteiger partial charge on any atom is -0.505 e. The Balaban J connectivity index is 1.99. The van der Waals surface area contributed by atoms with Crippen LogP contribution >= 0.6 is 0 Å². The van der Waals surface area contributed by atoms with Crippen LogP contribution in [0, 0.1) is 5.82 Å². The van der Waals surface area contributed by atoms with E-state index in [0.29, 0.717) is 6.04 Å². The Bertz CT molecular complexity index is 361. The normalized spacial score (nSPS) is 17.2. The van der Waals surface area contributed by atoms with Crippen LogP contribution in [-0.2, 0) is 6.54 Å². The van der Waals surface area contributed by atoms with Gasteiger partial charge in [0.2, 0.25) is 0 Å². The lowest BCUT2D eigenvalue weighted by Crippen LogP contribution is -2.28. The van der Waals surface area contributed by atoms with Crippen molar-refractivity contribution in [3.05, 3.63) is 29.6 Å². The average Bonchev–Trinajstić information content (AvgIpc) is 2.77. The molecule has 0 spiro atoms. The molecule has 1 saturated carbocycles. The van der Waals surface area contributed by atoms with Crippen molar-refractivity contribution in [3.63, 3.8) is 0 Å². The first-order chi connectivity index (χ1) is 7.66. The molecule has 0 bridgehead atoms. The second-order valence-corrected chi connectivity index (χ2v) is 4.64. The van der Waals surface area contributed by atoms with E-state index in [-0.39, 0.29) is 5.75 Å². The molecule has 2 nitrogen and oxygen atoms in total. The Morgan fingerprint density at radius 3 is 2.69 bits per heavy atom. The van der Waals surface area contributed by atoms with Gasteiger partial charge in [0, 0.05) is 12.6 Å². The van der Waals surface area contributed by atoms with Gasteiger partial charge in [0.15, 0.2) is 11.6 Å². The number of rotatable bonds is 3. The van der Waals surface area contributed by atoms with Gasteiger partial charge in [-0.3, -0.25) is 4.90 Å². The number of halogens is 1. The maximum atomic E-state index is 13.1. The number of aromatic hydroxyl groups is 1. The van der Waals surface area contributed by atoms with Crippen LogP contribution in [0.1, 0.15) is 31.2 Å². The van der Waals surface area contributed by atoms with E-state index in [9.17, 15) is 4.39 Å². The summed E-state index contributed by atoms with van der Waals surface area (Å²) in [6.45, 7) is 0.752. The standard InChI is InChI=1S/C13H18FNO/c1-15(11-4-2-3-5-11)9-10-6-7-13(16)12(14)8-10/h6-8,11,16H,2-5,9H2,1H3. The molecule has 1 fully saturated rings. The fraction of sp³-hybridized carbons (Fsp3) is 0.538. The smallest absolute Gasteiger partial charge is 0.165 e. The van der Waals surface area contributed by atoms with Gasteiger partial charge in [0.25, 0.3) is 0 Å². The minimum absolute atomic E-state index is 0.271. The van der Waals surface area contributed by atoms with Gasteiger partial charge < -0.3 is 5.11 Å². The van der Waals surface area contributed by atoms with Crippen LogP contribution in [-0.4, -0.2) is 23.1 Å². The van der Waals surface area contributed by atoms with Crippen LogP contribution in [0.25, 0.3) is 0 Å². The Morgan fingerprint density at radius 1 is 1.38 bits per heavy atom. The van der Waals surface area contributed by atoms with Crippen molar-refractivity contribution in [2.45, 2.75) is 38.3 Å². The summed E-state index contributed by atoms with van der Waals surface area (Å²) >= 11 is 0. The molecule has 0 aromatic heterocycles. The van der Waals surface area contributed by atoms with Crippen molar-refractivity contribution in [3.8, 4) is 5.75 Å². The minimum atomic E-state index is -0.530. The van der Waals surface area contributed by atoms with E-state index >= 15 is 0 Å². The highest BCUT2D eigenvalue weighted by Gasteiger charge is 2.19. The van der Waals surface area contributed by atoms with E-state index in [1.165, 1.54) is 37.8 Å². The first kappa shape index (κ1) is 11.4. The summed E-state index contributed by atoms with van der Waals surface area (Å²) in [5, 5.41) is 9.10. The van der Waals surface area contributed by atoms with Gasteiger partial charge in [-0.25, -0.2) is 4.39 Å². The maximum absolute atomic E-state index is 13.1. The molecule has 2 rings (SSSR count). The van der Waals surface area contributed by atoms with Crippen molar-refractivity contribution in [1.82, 2.24) is 4.90 Å². The molecule has 0 saturated heterocycles. The molecule has 3 heteroatoms. The van der Waals surface area contributed by atoms with E-state index in [1.54, 1.807) is 6.07 Å². The predicted molar refractivity (Wildman–Crippen MR) is 61.8 cm³/mol. The summed E-state index contributed by atoms with van der Waals surface area (Å²) in [6.07, 6.45) is 5.10. The highest BCUT2D eigenvalue weighted by Crippen LogP contribution is 2.24. The van der Waals surface area contributed by atoms with Crippen molar-refractivity contribution in [2.75, 3.05) is 7.05 Å². The number of benzene rings is 1. The average molecular weight is 223 g/mol. The van der Waals surface area contributed by atoms with Gasteiger partial charge >= 0.3 is 0 Å². The molecule has 1 aromatic carbocycles. The summed E-state index contributed by atoms with van der Waals surface area (Å²) in [5.74, 6) is -0.801. The number of phenolic OH excluding ortho intramolecular Hbond substituents is 1. The van der Waals surface area contributed by atoms with E-state index in [0.717, 1.165) is 12.1 Å². The van der Waals surface area contributed by atoms with E-state index in [4.69, 9.17) is 5.11 Å². The van der Waals surface area contributed by atoms with Crippen LogP contribution in [0.5, 0.6) is 5.75 Å². The second-order valence-electron chi connectivity index (χ2n) is 4.64. The molecule has 1 N–H and O–H groups in total. The Morgan fingerprint density at radius 2 is 2.06 bits per heavy atom. The van der Waals surface area contributed by atoms with Crippen LogP contribution in [0.15, 0.2) is 18.2 Å². The molecule has 0 heterocycles. The fourth-order valence-electron chi connectivity index (χ4n) is 2.41. The second kappa shape index (κ2) is 4.83. The molecule has 0 unspecified atom stereocenters. The zero-order chi connectivity index (χ0) is 11.5. The molecule has 0 amide bonds. The molecular formula is C13H18FNO. The first-order valence-corrected chi connectivity index (χ1v) is 5.84. The quantitative estimate of drug-likeness (QED) is 0.851. The topological polar surface area (TPSA) is 23.5 Å². The lowest BCUT2D eigenvalue weighted by molar-refractivity contribution is 0.237. The molecule has 1 aliphatic carbocycles. The summed E-state index contributed by atoms with van der Waals surface area (Å²) in [5.41, 5.74) is 0.921. The van der Waals surface area contributed by atoms with Gasteiger partial charge in [0.1, 0.15) is 0 Å². The summed E-state index contributed by atoms with van der Waals surface area (Å²) in [4.78, 5) is 2.28. The molecular weight excluding hydrogens is 205 g/mol. The molecule has 0 aliphatic heterocycles. The van der Waals surface area contributed by atoms with Gasteiger partial charge in [-0.2, -0.15) is 0 Å². The lowest BCUT2D eigenvalue weighted by atomic mass is 10.1. The number of hydrogen-bond acceptors (Lipinski definition) is 2. The van der Waals surface area contributed by atoms with Crippen molar-refractivity contribution < 1.29 is 9.50 Å². The van der Waals surface area contributed by atoms with Gasteiger partial charge in [0.05, 0.1) is 0 Å². The van der Waals surface area contributed by atoms with E-state index < -0.39 is 5.82 Å². The van der Waals surface area contributed by atoms with Crippen LogP contribution in [0.3, 0.4) is 0 Å². The zero-order valence-corrected chi connectivity index (χ0v) is 9.62. The molecule has 0 atom stereocenters. The monoisotopic (exact) mass is 223 g/mol. The van der Waals surface area contributed by atoms with Crippen molar-refractivity contribution in [2.24, 2.45) is 0 Å². The highest BCUT2D eigenvalue weighted by atomic mass is 19.1. The predicted octanol–water partition coefficient (Wildman–Crippen LogP) is 2.91. The SMILES string of the molecule is CN(Cc1ccc(O)c(F)c1)C1CCCC1. The number of hydrogen-bond donors (Lipinski definition) is 1. The third-order valence-corrected chi connectivity index (χ3v) is 3.39. The molecule has 1 aromatic rings. The van der Waals surface area contributed by atoms with Crippen LogP contribution < -0.4 is 0 Å². The van der Waals surface area contributed by atoms with Gasteiger partial charge in [-0.15, -0.1) is 0 Å². The Hall–Kier alpha value is -1.09. The molecule has 16 heavy (non-hydrogen) atoms. The number of phenols is 1. The summed E-state index contributed by atoms with van der Waals surface area (Å²) in [7, 11) is 2.08. The molecule has 0 radical (unpaired) electrons. The molecule has 88 valence electrons. The Labute approximate surface area is 95.7 Å². The van der Waals surface area contributed by atoms with E-state index in [1.807, 2.05) is 0 Å². The van der Waals surface area contributed by atoms with Crippen molar-refractivity contribution >= 4 is 0 Å². The molecule has 1 aliphatic rings. The third-order valence-electron chi connectivity index (χ3n) is 3.39. The summed E-state index contributed by atoms with van der Waals surface area (Å²) < 4.78 is 13.1. The zero-order valence-electron chi connectivity index (χ0n) is 9.62.